The molecule has 0 radical (unpaired) electrons. The van der Waals surface area contributed by atoms with Crippen LogP contribution in [0.25, 0.3) is 0 Å². The molecule has 0 saturated carbocycles. The third kappa shape index (κ3) is 2.63. The van der Waals surface area contributed by atoms with Gasteiger partial charge in [-0.25, -0.2) is 9.37 Å². The first-order chi connectivity index (χ1) is 9.78. The Labute approximate surface area is 123 Å². The van der Waals surface area contributed by atoms with Gasteiger partial charge in [0.15, 0.2) is 0 Å². The highest BCUT2D eigenvalue weighted by atomic mass is 35.5. The summed E-state index contributed by atoms with van der Waals surface area (Å²) in [7, 11) is 0. The summed E-state index contributed by atoms with van der Waals surface area (Å²) in [4.78, 5) is 6.45. The molecule has 4 heteroatoms. The van der Waals surface area contributed by atoms with Crippen LogP contribution in [0.5, 0.6) is 0 Å². The molecule has 1 aliphatic heterocycles. The maximum atomic E-state index is 13.3. The van der Waals surface area contributed by atoms with Crippen LogP contribution in [-0.2, 0) is 18.8 Å². The van der Waals surface area contributed by atoms with Gasteiger partial charge in [-0.2, -0.15) is 0 Å². The molecule has 2 aromatic rings. The lowest BCUT2D eigenvalue weighted by Crippen LogP contribution is -2.24. The quantitative estimate of drug-likeness (QED) is 0.780. The van der Waals surface area contributed by atoms with Crippen molar-refractivity contribution in [2.45, 2.75) is 25.3 Å². The van der Waals surface area contributed by atoms with Gasteiger partial charge >= 0.3 is 0 Å². The Morgan fingerprint density at radius 1 is 1.25 bits per heavy atom. The molecule has 2 nitrogen and oxygen atoms in total. The molecule has 0 unspecified atom stereocenters. The second-order valence-corrected chi connectivity index (χ2v) is 5.33. The topological polar surface area (TPSA) is 16.1 Å². The Hall–Kier alpha value is -1.61. The van der Waals surface area contributed by atoms with Crippen LogP contribution in [-0.4, -0.2) is 11.5 Å². The van der Waals surface area contributed by atoms with Gasteiger partial charge in [-0.05, 0) is 30.0 Å². The van der Waals surface area contributed by atoms with Crippen molar-refractivity contribution >= 4 is 17.4 Å². The highest BCUT2D eigenvalue weighted by Gasteiger charge is 2.18. The lowest BCUT2D eigenvalue weighted by molar-refractivity contribution is 0.617. The van der Waals surface area contributed by atoms with Gasteiger partial charge in [0.2, 0.25) is 0 Å². The van der Waals surface area contributed by atoms with Crippen LogP contribution >= 0.6 is 11.6 Å². The van der Waals surface area contributed by atoms with Gasteiger partial charge in [-0.3, -0.25) is 0 Å². The molecule has 3 rings (SSSR count). The molecular weight excluding hydrogens is 275 g/mol. The summed E-state index contributed by atoms with van der Waals surface area (Å²) in [6, 6.07) is 9.95. The van der Waals surface area contributed by atoms with Gasteiger partial charge in [0, 0.05) is 18.7 Å². The third-order valence-electron chi connectivity index (χ3n) is 3.71. The summed E-state index contributed by atoms with van der Waals surface area (Å²) >= 11 is 5.93. The van der Waals surface area contributed by atoms with E-state index in [1.54, 1.807) is 0 Å². The average Bonchev–Trinajstić information content (AvgIpc) is 2.69. The largest absolute Gasteiger partial charge is 0.352 e. The van der Waals surface area contributed by atoms with Gasteiger partial charge in [-0.15, -0.1) is 11.6 Å². The minimum Gasteiger partial charge on any atom is -0.352 e. The number of hydrogen-bond donors (Lipinski definition) is 0. The smallest absolute Gasteiger partial charge is 0.141 e. The number of benzene rings is 1. The normalized spacial score (nSPS) is 14.8. The molecule has 2 heterocycles. The van der Waals surface area contributed by atoms with Gasteiger partial charge < -0.3 is 4.90 Å². The van der Waals surface area contributed by atoms with E-state index in [2.05, 4.69) is 34.1 Å². The van der Waals surface area contributed by atoms with E-state index in [9.17, 15) is 4.39 Å². The molecular formula is C16H16ClFN2. The third-order valence-corrected chi connectivity index (χ3v) is 3.99. The van der Waals surface area contributed by atoms with E-state index < -0.39 is 0 Å². The number of aryl methyl sites for hydroxylation is 1. The second-order valence-electron chi connectivity index (χ2n) is 5.06. The van der Waals surface area contributed by atoms with Crippen molar-refractivity contribution in [2.75, 3.05) is 11.4 Å². The summed E-state index contributed by atoms with van der Waals surface area (Å²) in [6.45, 7) is 1.72. The predicted octanol–water partition coefficient (Wildman–Crippen LogP) is 3.91. The van der Waals surface area contributed by atoms with Crippen LogP contribution in [0.2, 0.25) is 0 Å². The minimum atomic E-state index is -0.334. The first-order valence-electron chi connectivity index (χ1n) is 6.80. The first-order valence-corrected chi connectivity index (χ1v) is 7.33. The molecule has 1 aromatic carbocycles. The van der Waals surface area contributed by atoms with Crippen LogP contribution in [0.15, 0.2) is 36.5 Å². The molecule has 104 valence electrons. The van der Waals surface area contributed by atoms with Crippen molar-refractivity contribution in [2.24, 2.45) is 0 Å². The van der Waals surface area contributed by atoms with Gasteiger partial charge in [0.05, 0.1) is 12.1 Å². The van der Waals surface area contributed by atoms with E-state index in [-0.39, 0.29) is 11.7 Å². The molecule has 1 aliphatic rings. The van der Waals surface area contributed by atoms with Crippen LogP contribution in [0.1, 0.15) is 23.1 Å². The number of alkyl halides is 1. The second kappa shape index (κ2) is 5.80. The van der Waals surface area contributed by atoms with Crippen molar-refractivity contribution < 1.29 is 4.39 Å². The zero-order chi connectivity index (χ0) is 13.9. The Balaban J connectivity index is 1.95. The van der Waals surface area contributed by atoms with E-state index >= 15 is 0 Å². The number of pyridine rings is 1. The average molecular weight is 291 g/mol. The fourth-order valence-corrected chi connectivity index (χ4v) is 2.94. The van der Waals surface area contributed by atoms with Crippen LogP contribution in [0, 0.1) is 5.82 Å². The fourth-order valence-electron chi connectivity index (χ4n) is 2.74. The molecule has 1 aromatic heterocycles. The minimum absolute atomic E-state index is 0.276. The van der Waals surface area contributed by atoms with Crippen molar-refractivity contribution in [3.8, 4) is 0 Å². The zero-order valence-electron chi connectivity index (χ0n) is 11.1. The van der Waals surface area contributed by atoms with Crippen LogP contribution in [0.4, 0.5) is 10.2 Å². The summed E-state index contributed by atoms with van der Waals surface area (Å²) in [5, 5.41) is 0. The number of aromatic nitrogens is 1. The number of halogens is 2. The SMILES string of the molecule is Fc1cnc(N2CCCc3ccccc3C2)c(CCl)c1. The fraction of sp³-hybridized carbons (Fsp3) is 0.312. The Kier molecular flexibility index (Phi) is 3.88. The summed E-state index contributed by atoms with van der Waals surface area (Å²) < 4.78 is 13.3. The van der Waals surface area contributed by atoms with Gasteiger partial charge in [0.25, 0.3) is 0 Å². The van der Waals surface area contributed by atoms with Crippen LogP contribution in [0.3, 0.4) is 0 Å². The number of rotatable bonds is 2. The molecule has 20 heavy (non-hydrogen) atoms. The van der Waals surface area contributed by atoms with Gasteiger partial charge in [0.1, 0.15) is 11.6 Å². The van der Waals surface area contributed by atoms with E-state index in [1.165, 1.54) is 23.4 Å². The Bertz CT molecular complexity index is 615. The van der Waals surface area contributed by atoms with E-state index in [0.29, 0.717) is 0 Å². The monoisotopic (exact) mass is 290 g/mol. The number of hydrogen-bond acceptors (Lipinski definition) is 2. The molecule has 0 spiro atoms. The van der Waals surface area contributed by atoms with E-state index in [0.717, 1.165) is 37.3 Å². The Morgan fingerprint density at radius 2 is 2.05 bits per heavy atom. The van der Waals surface area contributed by atoms with Crippen molar-refractivity contribution in [3.63, 3.8) is 0 Å². The number of fused-ring (bicyclic) bond motifs is 1. The maximum absolute atomic E-state index is 13.3. The number of anilines is 1. The maximum Gasteiger partial charge on any atom is 0.141 e. The van der Waals surface area contributed by atoms with Crippen molar-refractivity contribution in [1.29, 1.82) is 0 Å². The van der Waals surface area contributed by atoms with Crippen LogP contribution < -0.4 is 4.90 Å². The predicted molar refractivity (Wildman–Crippen MR) is 79.6 cm³/mol. The molecule has 0 fully saturated rings. The lowest BCUT2D eigenvalue weighted by atomic mass is 10.0. The summed E-state index contributed by atoms with van der Waals surface area (Å²) in [5.74, 6) is 0.746. The van der Waals surface area contributed by atoms with Crippen molar-refractivity contribution in [1.82, 2.24) is 4.98 Å². The zero-order valence-corrected chi connectivity index (χ0v) is 11.9. The number of nitrogens with zero attached hydrogens (tertiary/aromatic N) is 2. The first kappa shape index (κ1) is 13.4. The highest BCUT2D eigenvalue weighted by Crippen LogP contribution is 2.26. The van der Waals surface area contributed by atoms with E-state index in [1.807, 2.05) is 0 Å². The highest BCUT2D eigenvalue weighted by molar-refractivity contribution is 6.17. The van der Waals surface area contributed by atoms with Gasteiger partial charge in [-0.1, -0.05) is 24.3 Å². The van der Waals surface area contributed by atoms with Crippen molar-refractivity contribution in [3.05, 3.63) is 59.0 Å². The Morgan fingerprint density at radius 3 is 2.85 bits per heavy atom. The molecule has 0 bridgehead atoms. The standard InChI is InChI=1S/C16H16ClFN2/c17-9-14-8-15(18)10-19-16(14)20-7-3-6-12-4-1-2-5-13(12)11-20/h1-2,4-5,8,10H,3,6-7,9,11H2. The lowest BCUT2D eigenvalue weighted by Gasteiger charge is -2.24. The summed E-state index contributed by atoms with van der Waals surface area (Å²) in [5.41, 5.74) is 3.47. The molecule has 0 aliphatic carbocycles. The molecule has 0 atom stereocenters. The molecule has 0 N–H and O–H groups in total. The summed E-state index contributed by atoms with van der Waals surface area (Å²) in [6.07, 6.45) is 3.41. The molecule has 0 saturated heterocycles. The molecule has 0 amide bonds. The van der Waals surface area contributed by atoms with E-state index in [4.69, 9.17) is 11.6 Å².